The Labute approximate surface area is 99.1 Å². The fourth-order valence-electron chi connectivity index (χ4n) is 1.72. The summed E-state index contributed by atoms with van der Waals surface area (Å²) in [6.45, 7) is 0. The van der Waals surface area contributed by atoms with E-state index >= 15 is 0 Å². The second kappa shape index (κ2) is 3.22. The zero-order valence-electron chi connectivity index (χ0n) is 7.70. The van der Waals surface area contributed by atoms with Crippen LogP contribution in [0.1, 0.15) is 0 Å². The van der Waals surface area contributed by atoms with E-state index < -0.39 is 0 Å². The lowest BCUT2D eigenvalue weighted by Crippen LogP contribution is -1.74. The van der Waals surface area contributed by atoms with Crippen LogP contribution in [0.25, 0.3) is 20.9 Å². The van der Waals surface area contributed by atoms with E-state index in [1.165, 1.54) is 10.1 Å². The Morgan fingerprint density at radius 1 is 1.00 bits per heavy atom. The van der Waals surface area contributed by atoms with Gasteiger partial charge in [0.15, 0.2) is 0 Å². The van der Waals surface area contributed by atoms with E-state index in [4.69, 9.17) is 0 Å². The summed E-state index contributed by atoms with van der Waals surface area (Å²) in [5, 5.41) is 15.1. The molecule has 0 radical (unpaired) electrons. The van der Waals surface area contributed by atoms with Gasteiger partial charge in [0.25, 0.3) is 0 Å². The van der Waals surface area contributed by atoms with Crippen LogP contribution in [0, 0.1) is 0 Å². The first-order valence-corrected chi connectivity index (χ1v) is 6.21. The van der Waals surface area contributed by atoms with Crippen molar-refractivity contribution in [2.75, 3.05) is 0 Å². The first-order chi connectivity index (χ1) is 7.24. The molecule has 0 amide bonds. The topological polar surface area (TPSA) is 20.2 Å². The predicted octanol–water partition coefficient (Wildman–Crippen LogP) is 4.52. The van der Waals surface area contributed by atoms with Gasteiger partial charge in [-0.1, -0.05) is 0 Å². The van der Waals surface area contributed by atoms with Crippen molar-refractivity contribution in [2.45, 2.75) is 0 Å². The van der Waals surface area contributed by atoms with Crippen LogP contribution >= 0.6 is 27.3 Å². The number of halogens is 1. The lowest BCUT2D eigenvalue weighted by atomic mass is 10.1. The van der Waals surface area contributed by atoms with Gasteiger partial charge in [-0.3, -0.25) is 0 Å². The maximum absolute atomic E-state index is 9.60. The van der Waals surface area contributed by atoms with Crippen molar-refractivity contribution < 1.29 is 5.11 Å². The van der Waals surface area contributed by atoms with Gasteiger partial charge in [-0.25, -0.2) is 0 Å². The predicted molar refractivity (Wildman–Crippen MR) is 68.7 cm³/mol. The molecule has 0 aliphatic rings. The molecule has 74 valence electrons. The van der Waals surface area contributed by atoms with Crippen LogP contribution in [-0.2, 0) is 0 Å². The van der Waals surface area contributed by atoms with Crippen molar-refractivity contribution in [3.8, 4) is 5.75 Å². The standard InChI is InChI=1S/C12H7BrOS/c13-10-4-9-6-12-7(1-2-15-12)3-8(9)5-11(10)14/h1-6,14H. The lowest BCUT2D eigenvalue weighted by molar-refractivity contribution is 0.473. The molecule has 1 heterocycles. The van der Waals surface area contributed by atoms with E-state index in [2.05, 4.69) is 39.5 Å². The van der Waals surface area contributed by atoms with Gasteiger partial charge in [0.05, 0.1) is 4.47 Å². The number of hydrogen-bond acceptors (Lipinski definition) is 2. The largest absolute Gasteiger partial charge is 0.507 e. The Hall–Kier alpha value is -1.06. The van der Waals surface area contributed by atoms with Gasteiger partial charge < -0.3 is 5.11 Å². The molecule has 0 bridgehead atoms. The quantitative estimate of drug-likeness (QED) is 0.641. The highest BCUT2D eigenvalue weighted by atomic mass is 79.9. The van der Waals surface area contributed by atoms with Crippen molar-refractivity contribution in [3.05, 3.63) is 40.2 Å². The molecule has 3 aromatic rings. The highest BCUT2D eigenvalue weighted by molar-refractivity contribution is 9.10. The van der Waals surface area contributed by atoms with Crippen LogP contribution < -0.4 is 0 Å². The number of benzene rings is 2. The highest BCUT2D eigenvalue weighted by Crippen LogP contribution is 2.33. The molecule has 0 saturated heterocycles. The van der Waals surface area contributed by atoms with Gasteiger partial charge in [-0.15, -0.1) is 11.3 Å². The van der Waals surface area contributed by atoms with Crippen LogP contribution in [0.5, 0.6) is 5.75 Å². The van der Waals surface area contributed by atoms with Crippen LogP contribution in [0.4, 0.5) is 0 Å². The summed E-state index contributed by atoms with van der Waals surface area (Å²) in [7, 11) is 0. The molecule has 2 aromatic carbocycles. The molecular formula is C12H7BrOS. The number of rotatable bonds is 0. The molecular weight excluding hydrogens is 272 g/mol. The van der Waals surface area contributed by atoms with Crippen molar-refractivity contribution in [1.29, 1.82) is 0 Å². The minimum absolute atomic E-state index is 0.289. The number of thiophene rings is 1. The van der Waals surface area contributed by atoms with E-state index in [1.807, 2.05) is 6.07 Å². The maximum Gasteiger partial charge on any atom is 0.130 e. The van der Waals surface area contributed by atoms with Crippen molar-refractivity contribution in [1.82, 2.24) is 0 Å². The Morgan fingerprint density at radius 2 is 1.80 bits per heavy atom. The summed E-state index contributed by atoms with van der Waals surface area (Å²) in [6.07, 6.45) is 0. The summed E-state index contributed by atoms with van der Waals surface area (Å²) in [6, 6.07) is 10.1. The molecule has 3 rings (SSSR count). The monoisotopic (exact) mass is 278 g/mol. The molecule has 0 aliphatic carbocycles. The summed E-state index contributed by atoms with van der Waals surface area (Å²) < 4.78 is 2.02. The second-order valence-corrected chi connectivity index (χ2v) is 5.26. The third kappa shape index (κ3) is 1.43. The molecule has 3 heteroatoms. The van der Waals surface area contributed by atoms with Crippen LogP contribution in [0.15, 0.2) is 40.2 Å². The Kier molecular flexibility index (Phi) is 1.97. The molecule has 0 spiro atoms. The molecule has 0 fully saturated rings. The van der Waals surface area contributed by atoms with Crippen LogP contribution in [0.3, 0.4) is 0 Å². The van der Waals surface area contributed by atoms with Crippen LogP contribution in [0.2, 0.25) is 0 Å². The fourth-order valence-corrected chi connectivity index (χ4v) is 2.90. The summed E-state index contributed by atoms with van der Waals surface area (Å²) in [5.74, 6) is 0.289. The molecule has 0 aliphatic heterocycles. The second-order valence-electron chi connectivity index (χ2n) is 3.46. The molecule has 0 unspecified atom stereocenters. The van der Waals surface area contributed by atoms with Crippen molar-refractivity contribution in [3.63, 3.8) is 0 Å². The summed E-state index contributed by atoms with van der Waals surface area (Å²) in [5.41, 5.74) is 0. The lowest BCUT2D eigenvalue weighted by Gasteiger charge is -2.02. The average Bonchev–Trinajstić information content (AvgIpc) is 2.63. The molecule has 15 heavy (non-hydrogen) atoms. The number of aromatic hydroxyl groups is 1. The van der Waals surface area contributed by atoms with Gasteiger partial charge in [-0.05, 0) is 67.8 Å². The fraction of sp³-hybridized carbons (Fsp3) is 0. The normalized spacial score (nSPS) is 11.3. The van der Waals surface area contributed by atoms with E-state index in [-0.39, 0.29) is 5.75 Å². The number of phenols is 1. The average molecular weight is 279 g/mol. The summed E-state index contributed by atoms with van der Waals surface area (Å²) >= 11 is 5.06. The molecule has 1 nitrogen and oxygen atoms in total. The van der Waals surface area contributed by atoms with Gasteiger partial charge in [0.1, 0.15) is 5.75 Å². The molecule has 0 saturated carbocycles. The zero-order chi connectivity index (χ0) is 10.4. The van der Waals surface area contributed by atoms with Gasteiger partial charge in [0, 0.05) is 4.70 Å². The van der Waals surface area contributed by atoms with E-state index in [9.17, 15) is 5.11 Å². The number of phenolic OH excluding ortho intramolecular Hbond substituents is 1. The van der Waals surface area contributed by atoms with Gasteiger partial charge >= 0.3 is 0 Å². The van der Waals surface area contributed by atoms with E-state index in [0.717, 1.165) is 15.2 Å². The maximum atomic E-state index is 9.60. The minimum atomic E-state index is 0.289. The highest BCUT2D eigenvalue weighted by Gasteiger charge is 2.03. The van der Waals surface area contributed by atoms with Gasteiger partial charge in [0.2, 0.25) is 0 Å². The molecule has 0 atom stereocenters. The zero-order valence-corrected chi connectivity index (χ0v) is 10.1. The number of fused-ring (bicyclic) bond motifs is 2. The first kappa shape index (κ1) is 9.19. The molecule has 1 N–H and O–H groups in total. The smallest absolute Gasteiger partial charge is 0.130 e. The number of hydrogen-bond donors (Lipinski definition) is 1. The van der Waals surface area contributed by atoms with E-state index in [0.29, 0.717) is 0 Å². The van der Waals surface area contributed by atoms with Crippen LogP contribution in [-0.4, -0.2) is 5.11 Å². The first-order valence-electron chi connectivity index (χ1n) is 4.53. The minimum Gasteiger partial charge on any atom is -0.507 e. The van der Waals surface area contributed by atoms with Crippen molar-refractivity contribution >= 4 is 48.1 Å². The summed E-state index contributed by atoms with van der Waals surface area (Å²) in [4.78, 5) is 0. The Balaban J connectivity index is 2.49. The van der Waals surface area contributed by atoms with Gasteiger partial charge in [-0.2, -0.15) is 0 Å². The third-order valence-electron chi connectivity index (χ3n) is 2.48. The Bertz CT molecular complexity index is 602. The SMILES string of the molecule is Oc1cc2cc3ccsc3cc2cc1Br. The third-order valence-corrected chi connectivity index (χ3v) is 3.99. The van der Waals surface area contributed by atoms with Crippen molar-refractivity contribution in [2.24, 2.45) is 0 Å². The molecule has 1 aromatic heterocycles. The Morgan fingerprint density at radius 3 is 2.67 bits per heavy atom. The van der Waals surface area contributed by atoms with E-state index in [1.54, 1.807) is 17.4 Å².